The standard InChI is InChI=1S/C20H18ClF2N3O3/c1-20(2)28-15-13(7-10-3-5-11(22)6-4-10)27-19(16(15)29-20)26-8-12(23)14-17(21)24-9-25-18(14)26/h3-6,8-9,13,15-16,19H,7H2,1-2H3/t13-,15-,16-,19-/m1/s1. The molecule has 0 radical (unpaired) electrons. The van der Waals surface area contributed by atoms with Crippen LogP contribution in [0.4, 0.5) is 8.78 Å². The molecule has 9 heteroatoms. The fourth-order valence-corrected chi connectivity index (χ4v) is 4.32. The van der Waals surface area contributed by atoms with Crippen molar-refractivity contribution < 1.29 is 23.0 Å². The van der Waals surface area contributed by atoms with Gasteiger partial charge in [0.2, 0.25) is 0 Å². The molecular formula is C20H18ClF2N3O3. The van der Waals surface area contributed by atoms with Gasteiger partial charge in [0.25, 0.3) is 0 Å². The molecule has 29 heavy (non-hydrogen) atoms. The highest BCUT2D eigenvalue weighted by Gasteiger charge is 2.56. The largest absolute Gasteiger partial charge is 0.349 e. The summed E-state index contributed by atoms with van der Waals surface area (Å²) in [6.07, 6.45) is 1.19. The van der Waals surface area contributed by atoms with Crippen molar-refractivity contribution in [3.05, 3.63) is 59.1 Å². The molecule has 4 atom stereocenters. The van der Waals surface area contributed by atoms with Gasteiger partial charge in [0.05, 0.1) is 11.5 Å². The summed E-state index contributed by atoms with van der Waals surface area (Å²) >= 11 is 6.06. The molecule has 2 aliphatic rings. The van der Waals surface area contributed by atoms with Crippen LogP contribution in [0.5, 0.6) is 0 Å². The van der Waals surface area contributed by atoms with Gasteiger partial charge in [0, 0.05) is 12.6 Å². The first-order chi connectivity index (χ1) is 13.8. The summed E-state index contributed by atoms with van der Waals surface area (Å²) in [4.78, 5) is 8.04. The van der Waals surface area contributed by atoms with Crippen LogP contribution in [0.2, 0.25) is 5.15 Å². The molecule has 0 saturated carbocycles. The first kappa shape index (κ1) is 18.9. The predicted molar refractivity (Wildman–Crippen MR) is 100 cm³/mol. The number of fused-ring (bicyclic) bond motifs is 2. The quantitative estimate of drug-likeness (QED) is 0.598. The van der Waals surface area contributed by atoms with Crippen molar-refractivity contribution in [2.45, 2.75) is 50.6 Å². The molecule has 152 valence electrons. The molecule has 1 aromatic carbocycles. The van der Waals surface area contributed by atoms with Gasteiger partial charge in [-0.2, -0.15) is 0 Å². The minimum atomic E-state index is -0.813. The number of hydrogen-bond donors (Lipinski definition) is 0. The monoisotopic (exact) mass is 421 g/mol. The van der Waals surface area contributed by atoms with E-state index in [1.807, 2.05) is 13.8 Å². The lowest BCUT2D eigenvalue weighted by Gasteiger charge is -2.25. The maximum absolute atomic E-state index is 14.6. The molecular weight excluding hydrogens is 404 g/mol. The van der Waals surface area contributed by atoms with E-state index in [2.05, 4.69) is 9.97 Å². The zero-order chi connectivity index (χ0) is 20.3. The first-order valence-corrected chi connectivity index (χ1v) is 9.62. The normalized spacial score (nSPS) is 28.2. The number of aromatic nitrogens is 3. The Bertz CT molecular complexity index is 1070. The van der Waals surface area contributed by atoms with Crippen LogP contribution in [0.15, 0.2) is 36.8 Å². The van der Waals surface area contributed by atoms with Crippen LogP contribution in [-0.2, 0) is 20.6 Å². The van der Waals surface area contributed by atoms with Gasteiger partial charge >= 0.3 is 0 Å². The van der Waals surface area contributed by atoms with E-state index < -0.39 is 23.9 Å². The fourth-order valence-electron chi connectivity index (χ4n) is 4.10. The van der Waals surface area contributed by atoms with Gasteiger partial charge < -0.3 is 18.8 Å². The molecule has 0 spiro atoms. The minimum absolute atomic E-state index is 0.0348. The highest BCUT2D eigenvalue weighted by Crippen LogP contribution is 2.45. The Kier molecular flexibility index (Phi) is 4.36. The molecule has 6 nitrogen and oxygen atoms in total. The minimum Gasteiger partial charge on any atom is -0.349 e. The number of benzene rings is 1. The second-order valence-electron chi connectivity index (χ2n) is 7.71. The van der Waals surface area contributed by atoms with Gasteiger partial charge in [0.15, 0.2) is 17.8 Å². The third kappa shape index (κ3) is 3.20. The Balaban J connectivity index is 1.52. The summed E-state index contributed by atoms with van der Waals surface area (Å²) in [5.74, 6) is -1.65. The van der Waals surface area contributed by atoms with Crippen LogP contribution in [0.3, 0.4) is 0 Å². The molecule has 2 aliphatic heterocycles. The Morgan fingerprint density at radius 3 is 2.59 bits per heavy atom. The van der Waals surface area contributed by atoms with Crippen molar-refractivity contribution in [2.75, 3.05) is 0 Å². The van der Waals surface area contributed by atoms with E-state index in [9.17, 15) is 8.78 Å². The van der Waals surface area contributed by atoms with Crippen LogP contribution >= 0.6 is 11.6 Å². The lowest BCUT2D eigenvalue weighted by molar-refractivity contribution is -0.196. The van der Waals surface area contributed by atoms with Gasteiger partial charge in [-0.25, -0.2) is 18.7 Å². The highest BCUT2D eigenvalue weighted by atomic mass is 35.5. The van der Waals surface area contributed by atoms with Crippen LogP contribution in [0, 0.1) is 11.6 Å². The lowest BCUT2D eigenvalue weighted by atomic mass is 10.0. The highest BCUT2D eigenvalue weighted by molar-refractivity contribution is 6.34. The molecule has 2 fully saturated rings. The summed E-state index contributed by atoms with van der Waals surface area (Å²) in [5, 5.41) is 0.169. The molecule has 4 heterocycles. The van der Waals surface area contributed by atoms with Gasteiger partial charge in [-0.1, -0.05) is 23.7 Å². The van der Waals surface area contributed by atoms with Gasteiger partial charge in [-0.15, -0.1) is 0 Å². The van der Waals surface area contributed by atoms with E-state index >= 15 is 0 Å². The van der Waals surface area contributed by atoms with Gasteiger partial charge in [0.1, 0.15) is 35.2 Å². The summed E-state index contributed by atoms with van der Waals surface area (Å²) in [6, 6.07) is 6.23. The van der Waals surface area contributed by atoms with Crippen molar-refractivity contribution in [3.8, 4) is 0 Å². The van der Waals surface area contributed by atoms with Crippen LogP contribution in [0.1, 0.15) is 25.6 Å². The molecule has 3 aromatic rings. The number of nitrogens with zero attached hydrogens (tertiary/aromatic N) is 3. The van der Waals surface area contributed by atoms with Gasteiger partial charge in [-0.05, 0) is 31.5 Å². The smallest absolute Gasteiger partial charge is 0.164 e. The predicted octanol–water partition coefficient (Wildman–Crippen LogP) is 4.02. The molecule has 5 rings (SSSR count). The van der Waals surface area contributed by atoms with Crippen LogP contribution < -0.4 is 0 Å². The van der Waals surface area contributed by atoms with Crippen molar-refractivity contribution in [1.29, 1.82) is 0 Å². The van der Waals surface area contributed by atoms with E-state index in [1.165, 1.54) is 24.7 Å². The first-order valence-electron chi connectivity index (χ1n) is 9.24. The van der Waals surface area contributed by atoms with E-state index in [0.29, 0.717) is 12.1 Å². The number of halogens is 3. The van der Waals surface area contributed by atoms with Crippen molar-refractivity contribution in [1.82, 2.24) is 14.5 Å². The SMILES string of the molecule is CC1(C)O[C@@H]2[C@H](O1)[C@@H](Cc1ccc(F)cc1)O[C@H]2n1cc(F)c2c(Cl)ncnc21. The van der Waals surface area contributed by atoms with E-state index in [-0.39, 0.29) is 28.6 Å². The molecule has 0 aliphatic carbocycles. The zero-order valence-corrected chi connectivity index (χ0v) is 16.4. The van der Waals surface area contributed by atoms with Crippen molar-refractivity contribution in [2.24, 2.45) is 0 Å². The van der Waals surface area contributed by atoms with E-state index in [4.69, 9.17) is 25.8 Å². The van der Waals surface area contributed by atoms with Crippen molar-refractivity contribution >= 4 is 22.6 Å². The molecule has 0 bridgehead atoms. The summed E-state index contributed by atoms with van der Waals surface area (Å²) in [7, 11) is 0. The molecule has 2 aromatic heterocycles. The van der Waals surface area contributed by atoms with E-state index in [1.54, 1.807) is 16.7 Å². The summed E-state index contributed by atoms with van der Waals surface area (Å²) in [6.45, 7) is 3.65. The van der Waals surface area contributed by atoms with Crippen LogP contribution in [-0.4, -0.2) is 38.6 Å². The third-order valence-electron chi connectivity index (χ3n) is 5.27. The zero-order valence-electron chi connectivity index (χ0n) is 15.7. The van der Waals surface area contributed by atoms with Gasteiger partial charge in [-0.3, -0.25) is 0 Å². The second kappa shape index (κ2) is 6.70. The third-order valence-corrected chi connectivity index (χ3v) is 5.55. The van der Waals surface area contributed by atoms with Crippen molar-refractivity contribution in [3.63, 3.8) is 0 Å². The molecule has 0 unspecified atom stereocenters. The molecule has 0 amide bonds. The maximum atomic E-state index is 14.6. The summed E-state index contributed by atoms with van der Waals surface area (Å²) in [5.41, 5.74) is 1.22. The average Bonchev–Trinajstić information content (AvgIpc) is 3.27. The fraction of sp³-hybridized carbons (Fsp3) is 0.400. The Hall–Kier alpha value is -2.13. The Labute approximate surface area is 170 Å². The topological polar surface area (TPSA) is 58.4 Å². The summed E-state index contributed by atoms with van der Waals surface area (Å²) < 4.78 is 47.8. The number of rotatable bonds is 3. The Morgan fingerprint density at radius 1 is 1.10 bits per heavy atom. The number of ether oxygens (including phenoxy) is 3. The average molecular weight is 422 g/mol. The lowest BCUT2D eigenvalue weighted by Crippen LogP contribution is -2.31. The Morgan fingerprint density at radius 2 is 1.83 bits per heavy atom. The number of hydrogen-bond acceptors (Lipinski definition) is 5. The maximum Gasteiger partial charge on any atom is 0.164 e. The molecule has 0 N–H and O–H groups in total. The second-order valence-corrected chi connectivity index (χ2v) is 8.07. The molecule has 2 saturated heterocycles. The van der Waals surface area contributed by atoms with Crippen LogP contribution in [0.25, 0.3) is 11.0 Å². The van der Waals surface area contributed by atoms with E-state index in [0.717, 1.165) is 5.56 Å².